The molecule has 0 atom stereocenters. The Balaban J connectivity index is 2.87. The molecule has 82 valence electrons. The first-order valence-corrected chi connectivity index (χ1v) is 5.37. The van der Waals surface area contributed by atoms with E-state index in [1.54, 1.807) is 0 Å². The van der Waals surface area contributed by atoms with E-state index in [2.05, 4.69) is 10.1 Å². The third-order valence-corrected chi connectivity index (χ3v) is 2.83. The van der Waals surface area contributed by atoms with Crippen molar-refractivity contribution >= 4 is 22.6 Å². The van der Waals surface area contributed by atoms with Gasteiger partial charge in [-0.05, 0) is 20.8 Å². The number of rotatable bonds is 1. The molecule has 0 fully saturated rings. The van der Waals surface area contributed by atoms with Crippen molar-refractivity contribution in [1.82, 2.24) is 14.8 Å². The lowest BCUT2D eigenvalue weighted by atomic mass is 10.2. The minimum atomic E-state index is 0.215. The smallest absolute Gasteiger partial charge is 0.159 e. The molecular weight excluding hydrogens is 224 g/mol. The van der Waals surface area contributed by atoms with Crippen LogP contribution in [0.15, 0.2) is 6.20 Å². The fourth-order valence-electron chi connectivity index (χ4n) is 1.67. The van der Waals surface area contributed by atoms with Crippen LogP contribution in [-0.2, 0) is 0 Å². The number of nitriles is 1. The second-order valence-corrected chi connectivity index (χ2v) is 4.30. The quantitative estimate of drug-likeness (QED) is 0.762. The zero-order valence-corrected chi connectivity index (χ0v) is 10.1. The van der Waals surface area contributed by atoms with E-state index >= 15 is 0 Å². The molecule has 0 saturated heterocycles. The monoisotopic (exact) mass is 234 g/mol. The van der Waals surface area contributed by atoms with Crippen molar-refractivity contribution in [2.24, 2.45) is 0 Å². The van der Waals surface area contributed by atoms with Gasteiger partial charge in [-0.25, -0.2) is 9.67 Å². The average molecular weight is 235 g/mol. The Labute approximate surface area is 98.5 Å². The lowest BCUT2D eigenvalue weighted by Gasteiger charge is -2.05. The van der Waals surface area contributed by atoms with E-state index in [0.29, 0.717) is 10.6 Å². The van der Waals surface area contributed by atoms with Crippen LogP contribution in [0.5, 0.6) is 0 Å². The normalized spacial score (nSPS) is 11.0. The summed E-state index contributed by atoms with van der Waals surface area (Å²) in [5.41, 5.74) is 1.93. The van der Waals surface area contributed by atoms with E-state index in [1.165, 1.54) is 6.20 Å². The molecule has 0 unspecified atom stereocenters. The second kappa shape index (κ2) is 3.76. The Kier molecular flexibility index (Phi) is 2.56. The highest BCUT2D eigenvalue weighted by Crippen LogP contribution is 2.29. The summed E-state index contributed by atoms with van der Waals surface area (Å²) in [5, 5.41) is 14.5. The predicted octanol–water partition coefficient (Wildman–Crippen LogP) is 2.85. The van der Waals surface area contributed by atoms with Gasteiger partial charge in [0.05, 0.1) is 21.7 Å². The van der Waals surface area contributed by atoms with Crippen molar-refractivity contribution < 1.29 is 0 Å². The highest BCUT2D eigenvalue weighted by Gasteiger charge is 2.16. The van der Waals surface area contributed by atoms with E-state index in [-0.39, 0.29) is 6.04 Å². The SMILES string of the molecule is Cc1nn(C(C)C)c2ncc(C#N)c(Cl)c12. The highest BCUT2D eigenvalue weighted by molar-refractivity contribution is 6.36. The van der Waals surface area contributed by atoms with Crippen molar-refractivity contribution in [3.8, 4) is 6.07 Å². The van der Waals surface area contributed by atoms with Crippen LogP contribution in [0, 0.1) is 18.3 Å². The van der Waals surface area contributed by atoms with Crippen LogP contribution in [0.1, 0.15) is 31.1 Å². The molecule has 2 rings (SSSR count). The number of hydrogen-bond donors (Lipinski definition) is 0. The van der Waals surface area contributed by atoms with Gasteiger partial charge < -0.3 is 0 Å². The first-order chi connectivity index (χ1) is 7.56. The maximum Gasteiger partial charge on any atom is 0.159 e. The molecule has 2 heterocycles. The van der Waals surface area contributed by atoms with Gasteiger partial charge in [-0.2, -0.15) is 10.4 Å². The van der Waals surface area contributed by atoms with Crippen LogP contribution in [0.2, 0.25) is 5.02 Å². The molecule has 0 aliphatic heterocycles. The molecular formula is C11H11ClN4. The van der Waals surface area contributed by atoms with Gasteiger partial charge in [0, 0.05) is 12.2 Å². The average Bonchev–Trinajstić information content (AvgIpc) is 2.57. The third-order valence-electron chi connectivity index (χ3n) is 2.44. The Bertz CT molecular complexity index is 592. The Morgan fingerprint density at radius 1 is 1.50 bits per heavy atom. The number of halogens is 1. The van der Waals surface area contributed by atoms with Gasteiger partial charge in [0.1, 0.15) is 6.07 Å². The molecule has 0 saturated carbocycles. The van der Waals surface area contributed by atoms with Crippen LogP contribution < -0.4 is 0 Å². The van der Waals surface area contributed by atoms with E-state index in [4.69, 9.17) is 16.9 Å². The van der Waals surface area contributed by atoms with Gasteiger partial charge in [-0.3, -0.25) is 0 Å². The fourth-order valence-corrected chi connectivity index (χ4v) is 1.98. The Hall–Kier alpha value is -1.60. The summed E-state index contributed by atoms with van der Waals surface area (Å²) in [6.45, 7) is 5.93. The van der Waals surface area contributed by atoms with Gasteiger partial charge in [-0.1, -0.05) is 11.6 Å². The summed E-state index contributed by atoms with van der Waals surface area (Å²) < 4.78 is 1.82. The molecule has 4 nitrogen and oxygen atoms in total. The Morgan fingerprint density at radius 3 is 2.75 bits per heavy atom. The molecule has 0 N–H and O–H groups in total. The minimum absolute atomic E-state index is 0.215. The van der Waals surface area contributed by atoms with E-state index < -0.39 is 0 Å². The molecule has 0 radical (unpaired) electrons. The summed E-state index contributed by atoms with van der Waals surface area (Å²) in [4.78, 5) is 4.25. The maximum atomic E-state index is 8.88. The van der Waals surface area contributed by atoms with Crippen LogP contribution in [0.4, 0.5) is 0 Å². The summed E-state index contributed by atoms with van der Waals surface area (Å²) in [6, 6.07) is 2.24. The molecule has 0 bridgehead atoms. The van der Waals surface area contributed by atoms with Gasteiger partial charge in [0.25, 0.3) is 0 Å². The van der Waals surface area contributed by atoms with E-state index in [1.807, 2.05) is 31.5 Å². The zero-order chi connectivity index (χ0) is 11.9. The highest BCUT2D eigenvalue weighted by atomic mass is 35.5. The Morgan fingerprint density at radius 2 is 2.19 bits per heavy atom. The van der Waals surface area contributed by atoms with Crippen LogP contribution in [0.25, 0.3) is 11.0 Å². The van der Waals surface area contributed by atoms with Crippen LogP contribution in [-0.4, -0.2) is 14.8 Å². The fraction of sp³-hybridized carbons (Fsp3) is 0.364. The summed E-state index contributed by atoms with van der Waals surface area (Å²) >= 11 is 6.15. The van der Waals surface area contributed by atoms with Gasteiger partial charge >= 0.3 is 0 Å². The molecule has 5 heteroatoms. The lowest BCUT2D eigenvalue weighted by Crippen LogP contribution is -2.03. The number of hydrogen-bond acceptors (Lipinski definition) is 3. The maximum absolute atomic E-state index is 8.88. The van der Waals surface area contributed by atoms with E-state index in [0.717, 1.165) is 16.7 Å². The first kappa shape index (κ1) is 10.9. The topological polar surface area (TPSA) is 54.5 Å². The third kappa shape index (κ3) is 1.44. The van der Waals surface area contributed by atoms with Gasteiger partial charge in [0.15, 0.2) is 5.65 Å². The van der Waals surface area contributed by atoms with Crippen LogP contribution >= 0.6 is 11.6 Å². The molecule has 0 amide bonds. The van der Waals surface area contributed by atoms with Crippen molar-refractivity contribution in [3.05, 3.63) is 22.5 Å². The molecule has 0 spiro atoms. The second-order valence-electron chi connectivity index (χ2n) is 3.92. The molecule has 0 aliphatic rings. The van der Waals surface area contributed by atoms with Gasteiger partial charge in [-0.15, -0.1) is 0 Å². The summed E-state index contributed by atoms with van der Waals surface area (Å²) in [7, 11) is 0. The lowest BCUT2D eigenvalue weighted by molar-refractivity contribution is 0.542. The number of nitrogens with zero attached hydrogens (tertiary/aromatic N) is 4. The molecule has 2 aromatic heterocycles. The predicted molar refractivity (Wildman–Crippen MR) is 62.4 cm³/mol. The molecule has 2 aromatic rings. The minimum Gasteiger partial charge on any atom is -0.244 e. The summed E-state index contributed by atoms with van der Waals surface area (Å²) in [5.74, 6) is 0. The van der Waals surface area contributed by atoms with Crippen molar-refractivity contribution in [1.29, 1.82) is 5.26 Å². The number of fused-ring (bicyclic) bond motifs is 1. The largest absolute Gasteiger partial charge is 0.244 e. The van der Waals surface area contributed by atoms with Crippen molar-refractivity contribution in [2.75, 3.05) is 0 Å². The standard InChI is InChI=1S/C11H11ClN4/c1-6(2)16-11-9(7(3)15-16)10(12)8(4-13)5-14-11/h5-6H,1-3H3. The number of pyridine rings is 1. The zero-order valence-electron chi connectivity index (χ0n) is 9.32. The first-order valence-electron chi connectivity index (χ1n) is 4.99. The molecule has 16 heavy (non-hydrogen) atoms. The number of aryl methyl sites for hydroxylation is 1. The summed E-state index contributed by atoms with van der Waals surface area (Å²) in [6.07, 6.45) is 1.49. The number of aromatic nitrogens is 3. The van der Waals surface area contributed by atoms with Crippen LogP contribution in [0.3, 0.4) is 0 Å². The van der Waals surface area contributed by atoms with E-state index in [9.17, 15) is 0 Å². The van der Waals surface area contributed by atoms with Crippen molar-refractivity contribution in [2.45, 2.75) is 26.8 Å². The molecule has 0 aliphatic carbocycles. The molecule has 0 aromatic carbocycles. The van der Waals surface area contributed by atoms with Gasteiger partial charge in [0.2, 0.25) is 0 Å². The van der Waals surface area contributed by atoms with Crippen molar-refractivity contribution in [3.63, 3.8) is 0 Å².